The minimum absolute atomic E-state index is 0.0815. The molecule has 2 unspecified atom stereocenters. The van der Waals surface area contributed by atoms with Crippen LogP contribution in [0.4, 0.5) is 0 Å². The van der Waals surface area contributed by atoms with Gasteiger partial charge in [0.15, 0.2) is 0 Å². The SMILES string of the molecule is CCOc1cccc(C2(N)CC2CC)c1. The van der Waals surface area contributed by atoms with Crippen LogP contribution in [0.1, 0.15) is 32.3 Å². The summed E-state index contributed by atoms with van der Waals surface area (Å²) in [7, 11) is 0. The minimum atomic E-state index is -0.0815. The molecule has 1 aromatic carbocycles. The summed E-state index contributed by atoms with van der Waals surface area (Å²) in [6.45, 7) is 4.90. The van der Waals surface area contributed by atoms with Crippen LogP contribution < -0.4 is 10.5 Å². The Kier molecular flexibility index (Phi) is 2.70. The molecule has 1 aliphatic rings. The van der Waals surface area contributed by atoms with Gasteiger partial charge in [-0.15, -0.1) is 0 Å². The second-order valence-corrected chi connectivity index (χ2v) is 4.31. The molecule has 2 nitrogen and oxygen atoms in total. The van der Waals surface area contributed by atoms with Crippen LogP contribution in [0.3, 0.4) is 0 Å². The van der Waals surface area contributed by atoms with Crippen LogP contribution in [-0.4, -0.2) is 6.61 Å². The number of hydrogen-bond acceptors (Lipinski definition) is 2. The van der Waals surface area contributed by atoms with Crippen molar-refractivity contribution in [2.75, 3.05) is 6.61 Å². The van der Waals surface area contributed by atoms with Crippen molar-refractivity contribution in [2.45, 2.75) is 32.2 Å². The third-order valence-corrected chi connectivity index (χ3v) is 3.33. The van der Waals surface area contributed by atoms with Gasteiger partial charge in [0.05, 0.1) is 6.61 Å². The van der Waals surface area contributed by atoms with Crippen LogP contribution in [0.25, 0.3) is 0 Å². The Morgan fingerprint density at radius 1 is 1.47 bits per heavy atom. The fourth-order valence-corrected chi connectivity index (χ4v) is 2.25. The molecule has 1 fully saturated rings. The van der Waals surface area contributed by atoms with E-state index in [1.54, 1.807) is 0 Å². The van der Waals surface area contributed by atoms with Gasteiger partial charge in [-0.1, -0.05) is 25.5 Å². The monoisotopic (exact) mass is 205 g/mol. The molecular weight excluding hydrogens is 186 g/mol. The number of benzene rings is 1. The largest absolute Gasteiger partial charge is 0.494 e. The molecule has 0 radical (unpaired) electrons. The van der Waals surface area contributed by atoms with Gasteiger partial charge < -0.3 is 10.5 Å². The molecule has 0 amide bonds. The number of hydrogen-bond donors (Lipinski definition) is 1. The van der Waals surface area contributed by atoms with Crippen LogP contribution in [0.15, 0.2) is 24.3 Å². The van der Waals surface area contributed by atoms with Crippen molar-refractivity contribution >= 4 is 0 Å². The summed E-state index contributed by atoms with van der Waals surface area (Å²) >= 11 is 0. The smallest absolute Gasteiger partial charge is 0.119 e. The topological polar surface area (TPSA) is 35.2 Å². The Balaban J connectivity index is 2.19. The Labute approximate surface area is 91.4 Å². The van der Waals surface area contributed by atoms with Gasteiger partial charge in [0, 0.05) is 5.54 Å². The minimum Gasteiger partial charge on any atom is -0.494 e. The summed E-state index contributed by atoms with van der Waals surface area (Å²) in [5.74, 6) is 1.58. The zero-order valence-electron chi connectivity index (χ0n) is 9.49. The number of ether oxygens (including phenoxy) is 1. The zero-order valence-corrected chi connectivity index (χ0v) is 9.49. The lowest BCUT2D eigenvalue weighted by molar-refractivity contribution is 0.339. The standard InChI is InChI=1S/C13H19NO/c1-3-10-9-13(10,14)11-6-5-7-12(8-11)15-4-2/h5-8,10H,3-4,9,14H2,1-2H3. The molecule has 0 heterocycles. The van der Waals surface area contributed by atoms with E-state index in [2.05, 4.69) is 19.1 Å². The van der Waals surface area contributed by atoms with Crippen molar-refractivity contribution in [3.05, 3.63) is 29.8 Å². The van der Waals surface area contributed by atoms with Crippen LogP contribution in [0.2, 0.25) is 0 Å². The first-order chi connectivity index (χ1) is 7.20. The van der Waals surface area contributed by atoms with Crippen molar-refractivity contribution in [1.29, 1.82) is 0 Å². The molecule has 0 saturated heterocycles. The van der Waals surface area contributed by atoms with Gasteiger partial charge in [-0.2, -0.15) is 0 Å². The maximum absolute atomic E-state index is 6.33. The first-order valence-corrected chi connectivity index (χ1v) is 5.73. The average molecular weight is 205 g/mol. The summed E-state index contributed by atoms with van der Waals surface area (Å²) in [5.41, 5.74) is 7.47. The summed E-state index contributed by atoms with van der Waals surface area (Å²) in [6, 6.07) is 8.21. The Bertz CT molecular complexity index is 350. The highest BCUT2D eigenvalue weighted by Gasteiger charge is 2.50. The van der Waals surface area contributed by atoms with E-state index >= 15 is 0 Å². The van der Waals surface area contributed by atoms with Gasteiger partial charge in [0.2, 0.25) is 0 Å². The third kappa shape index (κ3) is 1.86. The van der Waals surface area contributed by atoms with Crippen LogP contribution in [0.5, 0.6) is 5.75 Å². The van der Waals surface area contributed by atoms with Gasteiger partial charge in [-0.25, -0.2) is 0 Å². The summed E-state index contributed by atoms with van der Waals surface area (Å²) < 4.78 is 5.48. The molecule has 1 aromatic rings. The highest BCUT2D eigenvalue weighted by molar-refractivity contribution is 5.37. The molecule has 2 atom stereocenters. The van der Waals surface area contributed by atoms with Gasteiger partial charge in [0.25, 0.3) is 0 Å². The van der Waals surface area contributed by atoms with Gasteiger partial charge in [-0.05, 0) is 37.0 Å². The molecule has 2 rings (SSSR count). The van der Waals surface area contributed by atoms with E-state index in [4.69, 9.17) is 10.5 Å². The number of rotatable bonds is 4. The van der Waals surface area contributed by atoms with E-state index in [1.807, 2.05) is 19.1 Å². The molecular formula is C13H19NO. The van der Waals surface area contributed by atoms with Crippen molar-refractivity contribution in [3.8, 4) is 5.75 Å². The Hall–Kier alpha value is -1.02. The predicted octanol–water partition coefficient (Wildman–Crippen LogP) is 2.67. The quantitative estimate of drug-likeness (QED) is 0.820. The lowest BCUT2D eigenvalue weighted by atomic mass is 10.0. The van der Waals surface area contributed by atoms with Gasteiger partial charge >= 0.3 is 0 Å². The summed E-state index contributed by atoms with van der Waals surface area (Å²) in [5, 5.41) is 0. The molecule has 2 N–H and O–H groups in total. The van der Waals surface area contributed by atoms with E-state index in [9.17, 15) is 0 Å². The van der Waals surface area contributed by atoms with Gasteiger partial charge in [-0.3, -0.25) is 0 Å². The third-order valence-electron chi connectivity index (χ3n) is 3.33. The molecule has 0 bridgehead atoms. The molecule has 0 aliphatic heterocycles. The van der Waals surface area contributed by atoms with Crippen molar-refractivity contribution in [1.82, 2.24) is 0 Å². The van der Waals surface area contributed by atoms with Crippen LogP contribution >= 0.6 is 0 Å². The van der Waals surface area contributed by atoms with Gasteiger partial charge in [0.1, 0.15) is 5.75 Å². The molecule has 0 aromatic heterocycles. The lowest BCUT2D eigenvalue weighted by Crippen LogP contribution is -2.22. The van der Waals surface area contributed by atoms with E-state index in [-0.39, 0.29) is 5.54 Å². The second-order valence-electron chi connectivity index (χ2n) is 4.31. The van der Waals surface area contributed by atoms with E-state index in [0.29, 0.717) is 12.5 Å². The lowest BCUT2D eigenvalue weighted by Gasteiger charge is -2.13. The first-order valence-electron chi connectivity index (χ1n) is 5.73. The van der Waals surface area contributed by atoms with E-state index in [0.717, 1.165) is 18.6 Å². The highest BCUT2D eigenvalue weighted by atomic mass is 16.5. The van der Waals surface area contributed by atoms with E-state index in [1.165, 1.54) is 5.56 Å². The average Bonchev–Trinajstić information content (AvgIpc) is 2.92. The van der Waals surface area contributed by atoms with Crippen LogP contribution in [0, 0.1) is 5.92 Å². The summed E-state index contributed by atoms with van der Waals surface area (Å²) in [4.78, 5) is 0. The van der Waals surface area contributed by atoms with Crippen molar-refractivity contribution < 1.29 is 4.74 Å². The second kappa shape index (κ2) is 3.86. The molecule has 2 heteroatoms. The summed E-state index contributed by atoms with van der Waals surface area (Å²) in [6.07, 6.45) is 2.27. The highest BCUT2D eigenvalue weighted by Crippen LogP contribution is 2.51. The maximum Gasteiger partial charge on any atom is 0.119 e. The Morgan fingerprint density at radius 2 is 2.27 bits per heavy atom. The van der Waals surface area contributed by atoms with Crippen molar-refractivity contribution in [2.24, 2.45) is 11.7 Å². The first kappa shape index (κ1) is 10.5. The van der Waals surface area contributed by atoms with E-state index < -0.39 is 0 Å². The zero-order chi connectivity index (χ0) is 10.9. The maximum atomic E-state index is 6.33. The fraction of sp³-hybridized carbons (Fsp3) is 0.538. The molecule has 15 heavy (non-hydrogen) atoms. The molecule has 1 saturated carbocycles. The molecule has 1 aliphatic carbocycles. The Morgan fingerprint density at radius 3 is 2.87 bits per heavy atom. The fourth-order valence-electron chi connectivity index (χ4n) is 2.25. The normalized spacial score (nSPS) is 28.9. The molecule has 0 spiro atoms. The van der Waals surface area contributed by atoms with Crippen molar-refractivity contribution in [3.63, 3.8) is 0 Å². The van der Waals surface area contributed by atoms with Crippen LogP contribution in [-0.2, 0) is 5.54 Å². The number of nitrogens with two attached hydrogens (primary N) is 1. The molecule has 82 valence electrons. The predicted molar refractivity (Wildman–Crippen MR) is 61.9 cm³/mol.